The molecule has 0 aromatic heterocycles. The zero-order valence-electron chi connectivity index (χ0n) is 12.0. The van der Waals surface area contributed by atoms with Gasteiger partial charge in [-0.25, -0.2) is 12.8 Å². The van der Waals surface area contributed by atoms with Crippen molar-refractivity contribution in [3.8, 4) is 0 Å². The van der Waals surface area contributed by atoms with E-state index in [1.807, 2.05) is 0 Å². The zero-order chi connectivity index (χ0) is 14.9. The first kappa shape index (κ1) is 15.4. The molecule has 2 rings (SSSR count). The Bertz CT molecular complexity index is 571. The van der Waals surface area contributed by atoms with Crippen molar-refractivity contribution in [1.29, 1.82) is 0 Å². The quantitative estimate of drug-likeness (QED) is 0.860. The summed E-state index contributed by atoms with van der Waals surface area (Å²) in [5.74, 6) is -0.410. The summed E-state index contributed by atoms with van der Waals surface area (Å²) in [5, 5.41) is 0. The monoisotopic (exact) mass is 301 g/mol. The Morgan fingerprint density at radius 2 is 1.70 bits per heavy atom. The Morgan fingerprint density at radius 3 is 2.20 bits per heavy atom. The first-order chi connectivity index (χ1) is 9.34. The molecule has 0 N–H and O–H groups in total. The van der Waals surface area contributed by atoms with Crippen LogP contribution in [0.3, 0.4) is 0 Å². The maximum absolute atomic E-state index is 13.3. The molecule has 4 nitrogen and oxygen atoms in total. The minimum absolute atomic E-state index is 0.0578. The van der Waals surface area contributed by atoms with Gasteiger partial charge >= 0.3 is 0 Å². The predicted octanol–water partition coefficient (Wildman–Crippen LogP) is 2.24. The summed E-state index contributed by atoms with van der Waals surface area (Å²) in [6, 6.07) is 2.47. The maximum atomic E-state index is 13.3. The van der Waals surface area contributed by atoms with Gasteiger partial charge in [0.25, 0.3) is 0 Å². The molecule has 1 heterocycles. The third-order valence-corrected chi connectivity index (χ3v) is 5.98. The molecule has 0 spiro atoms. The molecule has 20 heavy (non-hydrogen) atoms. The van der Waals surface area contributed by atoms with E-state index in [1.165, 1.54) is 16.4 Å². The number of benzene rings is 1. The lowest BCUT2D eigenvalue weighted by atomic mass is 10.1. The molecule has 0 saturated carbocycles. The molecular weight excluding hydrogens is 281 g/mol. The Balaban J connectivity index is 2.39. The van der Waals surface area contributed by atoms with Crippen LogP contribution in [0, 0.1) is 19.7 Å². The molecule has 1 aliphatic heterocycles. The van der Waals surface area contributed by atoms with Crippen LogP contribution < -0.4 is 0 Å². The molecule has 1 aromatic rings. The summed E-state index contributed by atoms with van der Waals surface area (Å²) < 4.78 is 45.5. The lowest BCUT2D eigenvalue weighted by Gasteiger charge is -2.31. The van der Waals surface area contributed by atoms with Crippen molar-refractivity contribution in [3.63, 3.8) is 0 Å². The van der Waals surface area contributed by atoms with Crippen molar-refractivity contribution in [2.45, 2.75) is 37.6 Å². The van der Waals surface area contributed by atoms with Crippen LogP contribution in [0.5, 0.6) is 0 Å². The van der Waals surface area contributed by atoms with Gasteiger partial charge in [0.2, 0.25) is 10.0 Å². The lowest BCUT2D eigenvalue weighted by molar-refractivity contribution is 0.0632. The van der Waals surface area contributed by atoms with Crippen molar-refractivity contribution < 1.29 is 17.5 Å². The number of sulfonamides is 1. The first-order valence-corrected chi connectivity index (χ1v) is 8.10. The fraction of sp³-hybridized carbons (Fsp3) is 0.571. The second-order valence-corrected chi connectivity index (χ2v) is 7.17. The van der Waals surface area contributed by atoms with E-state index in [1.54, 1.807) is 20.9 Å². The highest BCUT2D eigenvalue weighted by Crippen LogP contribution is 2.27. The molecule has 0 radical (unpaired) electrons. The fourth-order valence-corrected chi connectivity index (χ4v) is 4.52. The summed E-state index contributed by atoms with van der Waals surface area (Å²) in [6.07, 6.45) is 1.38. The number of rotatable bonds is 3. The van der Waals surface area contributed by atoms with Crippen LogP contribution in [0.15, 0.2) is 17.0 Å². The standard InChI is InChI=1S/C14H20FNO3S/c1-10-8-12(15)9-11(2)14(10)20(17,18)16(3)13-4-6-19-7-5-13/h8-9,13H,4-7H2,1-3H3. The highest BCUT2D eigenvalue weighted by atomic mass is 32.2. The van der Waals surface area contributed by atoms with Gasteiger partial charge in [0.15, 0.2) is 0 Å². The van der Waals surface area contributed by atoms with Crippen LogP contribution in [0.1, 0.15) is 24.0 Å². The van der Waals surface area contributed by atoms with Crippen molar-refractivity contribution >= 4 is 10.0 Å². The SMILES string of the molecule is Cc1cc(F)cc(C)c1S(=O)(=O)N(C)C1CCOCC1. The van der Waals surface area contributed by atoms with E-state index in [0.717, 1.165) is 0 Å². The molecule has 112 valence electrons. The molecule has 1 fully saturated rings. The van der Waals surface area contributed by atoms with Crippen LogP contribution >= 0.6 is 0 Å². The highest BCUT2D eigenvalue weighted by Gasteiger charge is 2.31. The molecule has 0 bridgehead atoms. The van der Waals surface area contributed by atoms with Gasteiger partial charge in [-0.15, -0.1) is 0 Å². The third kappa shape index (κ3) is 2.87. The van der Waals surface area contributed by atoms with E-state index >= 15 is 0 Å². The normalized spacial score (nSPS) is 17.6. The molecule has 1 saturated heterocycles. The van der Waals surface area contributed by atoms with Gasteiger partial charge in [0.1, 0.15) is 5.82 Å². The molecule has 6 heteroatoms. The minimum atomic E-state index is -3.61. The van der Waals surface area contributed by atoms with Crippen LogP contribution in [0.4, 0.5) is 4.39 Å². The van der Waals surface area contributed by atoms with Gasteiger partial charge in [0.05, 0.1) is 4.90 Å². The minimum Gasteiger partial charge on any atom is -0.381 e. The first-order valence-electron chi connectivity index (χ1n) is 6.66. The van der Waals surface area contributed by atoms with E-state index < -0.39 is 15.8 Å². The largest absolute Gasteiger partial charge is 0.381 e. The smallest absolute Gasteiger partial charge is 0.243 e. The van der Waals surface area contributed by atoms with E-state index in [4.69, 9.17) is 4.74 Å². The third-order valence-electron chi connectivity index (χ3n) is 3.77. The summed E-state index contributed by atoms with van der Waals surface area (Å²) in [4.78, 5) is 0.216. The number of nitrogens with zero attached hydrogens (tertiary/aromatic N) is 1. The molecule has 0 aliphatic carbocycles. The maximum Gasteiger partial charge on any atom is 0.243 e. The van der Waals surface area contributed by atoms with E-state index in [9.17, 15) is 12.8 Å². The van der Waals surface area contributed by atoms with Crippen molar-refractivity contribution in [3.05, 3.63) is 29.1 Å². The summed E-state index contributed by atoms with van der Waals surface area (Å²) in [5.41, 5.74) is 0.891. The van der Waals surface area contributed by atoms with Crippen LogP contribution in [-0.4, -0.2) is 39.0 Å². The van der Waals surface area contributed by atoms with Crippen molar-refractivity contribution in [1.82, 2.24) is 4.31 Å². The highest BCUT2D eigenvalue weighted by molar-refractivity contribution is 7.89. The fourth-order valence-electron chi connectivity index (χ4n) is 2.69. The van der Waals surface area contributed by atoms with Gasteiger partial charge in [-0.2, -0.15) is 4.31 Å². The van der Waals surface area contributed by atoms with Gasteiger partial charge in [-0.05, 0) is 49.9 Å². The van der Waals surface area contributed by atoms with E-state index in [2.05, 4.69) is 0 Å². The lowest BCUT2D eigenvalue weighted by Crippen LogP contribution is -2.41. The second kappa shape index (κ2) is 5.79. The average Bonchev–Trinajstić information content (AvgIpc) is 2.37. The number of halogens is 1. The van der Waals surface area contributed by atoms with Crippen LogP contribution in [-0.2, 0) is 14.8 Å². The van der Waals surface area contributed by atoms with Crippen LogP contribution in [0.25, 0.3) is 0 Å². The van der Waals surface area contributed by atoms with Crippen molar-refractivity contribution in [2.24, 2.45) is 0 Å². The second-order valence-electron chi connectivity index (χ2n) is 5.23. The Hall–Kier alpha value is -0.980. The number of ether oxygens (including phenoxy) is 1. The Labute approximate surface area is 119 Å². The number of aryl methyl sites for hydroxylation is 2. The van der Waals surface area contributed by atoms with Crippen LogP contribution in [0.2, 0.25) is 0 Å². The molecule has 0 amide bonds. The van der Waals surface area contributed by atoms with Crippen molar-refractivity contribution in [2.75, 3.05) is 20.3 Å². The summed E-state index contributed by atoms with van der Waals surface area (Å²) >= 11 is 0. The topological polar surface area (TPSA) is 46.6 Å². The molecule has 0 unspecified atom stereocenters. The van der Waals surface area contributed by atoms with E-state index in [0.29, 0.717) is 37.2 Å². The Morgan fingerprint density at radius 1 is 1.20 bits per heavy atom. The van der Waals surface area contributed by atoms with Gasteiger partial charge in [-0.1, -0.05) is 0 Å². The van der Waals surface area contributed by atoms with Gasteiger partial charge in [0, 0.05) is 26.3 Å². The molecule has 1 aliphatic rings. The average molecular weight is 301 g/mol. The number of hydrogen-bond acceptors (Lipinski definition) is 3. The molecule has 1 aromatic carbocycles. The Kier molecular flexibility index (Phi) is 4.46. The number of hydrogen-bond donors (Lipinski definition) is 0. The summed E-state index contributed by atoms with van der Waals surface area (Å²) in [7, 11) is -2.01. The molecule has 0 atom stereocenters. The van der Waals surface area contributed by atoms with Gasteiger partial charge in [-0.3, -0.25) is 0 Å². The predicted molar refractivity (Wildman–Crippen MR) is 74.7 cm³/mol. The van der Waals surface area contributed by atoms with E-state index in [-0.39, 0.29) is 10.9 Å². The summed E-state index contributed by atoms with van der Waals surface area (Å²) in [6.45, 7) is 4.40. The zero-order valence-corrected chi connectivity index (χ0v) is 12.8. The molecular formula is C14H20FNO3S. The van der Waals surface area contributed by atoms with Gasteiger partial charge < -0.3 is 4.74 Å².